The van der Waals surface area contributed by atoms with Gasteiger partial charge in [0.25, 0.3) is 0 Å². The van der Waals surface area contributed by atoms with E-state index in [1.54, 1.807) is 7.11 Å². The predicted molar refractivity (Wildman–Crippen MR) is 94.1 cm³/mol. The number of methoxy groups -OCH3 is 1. The first-order valence-electron chi connectivity index (χ1n) is 8.32. The molecule has 0 saturated heterocycles. The minimum Gasteiger partial charge on any atom is -0.497 e. The van der Waals surface area contributed by atoms with Crippen LogP contribution >= 0.6 is 0 Å². The van der Waals surface area contributed by atoms with Gasteiger partial charge in [0.1, 0.15) is 5.75 Å². The van der Waals surface area contributed by atoms with Crippen LogP contribution in [0.5, 0.6) is 5.75 Å². The predicted octanol–water partition coefficient (Wildman–Crippen LogP) is 3.09. The van der Waals surface area contributed by atoms with Crippen molar-refractivity contribution in [2.45, 2.75) is 19.4 Å². The molecule has 5 heteroatoms. The lowest BCUT2D eigenvalue weighted by molar-refractivity contribution is -0.152. The van der Waals surface area contributed by atoms with E-state index in [0.717, 1.165) is 22.4 Å². The van der Waals surface area contributed by atoms with Gasteiger partial charge in [-0.15, -0.1) is 0 Å². The Morgan fingerprint density at radius 3 is 2.04 bits per heavy atom. The van der Waals surface area contributed by atoms with Crippen LogP contribution in [0.15, 0.2) is 48.5 Å². The average molecular weight is 339 g/mol. The second-order valence-electron chi connectivity index (χ2n) is 6.27. The Balaban J connectivity index is 1.57. The molecular weight excluding hydrogens is 318 g/mol. The molecule has 0 aromatic heterocycles. The molecule has 2 unspecified atom stereocenters. The summed E-state index contributed by atoms with van der Waals surface area (Å²) in [4.78, 5) is 23.1. The van der Waals surface area contributed by atoms with Gasteiger partial charge in [0, 0.05) is 6.54 Å². The maximum Gasteiger partial charge on any atom is 0.307 e. The highest BCUT2D eigenvalue weighted by atomic mass is 16.5. The number of benzene rings is 2. The number of hydrogen-bond donors (Lipinski definition) is 2. The second-order valence-corrected chi connectivity index (χ2v) is 6.27. The summed E-state index contributed by atoms with van der Waals surface area (Å²) in [6.45, 7) is 0.407. The highest BCUT2D eigenvalue weighted by molar-refractivity contribution is 5.86. The summed E-state index contributed by atoms with van der Waals surface area (Å²) in [5.41, 5.74) is 3.16. The molecule has 1 aliphatic rings. The third kappa shape index (κ3) is 3.82. The number of ether oxygens (including phenoxy) is 1. The standard InChI is InChI=1S/C20H21NO4/c1-25-16-8-6-15(7-9-16)14-4-2-13(3-5-14)12-21-19(22)17-10-11-18(17)20(23)24/h2-9,17-18H,10-12H2,1H3,(H,21,22)(H,23,24). The third-order valence-corrected chi connectivity index (χ3v) is 4.77. The summed E-state index contributed by atoms with van der Waals surface area (Å²) in [5, 5.41) is 11.9. The summed E-state index contributed by atoms with van der Waals surface area (Å²) >= 11 is 0. The molecule has 2 aromatic carbocycles. The fraction of sp³-hybridized carbons (Fsp3) is 0.300. The highest BCUT2D eigenvalue weighted by Crippen LogP contribution is 2.34. The molecule has 3 rings (SSSR count). The van der Waals surface area contributed by atoms with Gasteiger partial charge in [0.15, 0.2) is 0 Å². The molecule has 1 fully saturated rings. The van der Waals surface area contributed by atoms with Gasteiger partial charge in [-0.05, 0) is 41.7 Å². The molecule has 0 bridgehead atoms. The zero-order valence-electron chi connectivity index (χ0n) is 14.1. The van der Waals surface area contributed by atoms with Crippen molar-refractivity contribution in [1.82, 2.24) is 5.32 Å². The van der Waals surface area contributed by atoms with Crippen molar-refractivity contribution in [3.8, 4) is 16.9 Å². The maximum atomic E-state index is 12.1. The lowest BCUT2D eigenvalue weighted by Gasteiger charge is -2.31. The van der Waals surface area contributed by atoms with E-state index < -0.39 is 17.8 Å². The summed E-state index contributed by atoms with van der Waals surface area (Å²) in [5.74, 6) is -1.15. The minimum atomic E-state index is -0.879. The molecule has 5 nitrogen and oxygen atoms in total. The first kappa shape index (κ1) is 17.0. The quantitative estimate of drug-likeness (QED) is 0.848. The Kier molecular flexibility index (Phi) is 5.03. The normalized spacial score (nSPS) is 18.9. The van der Waals surface area contributed by atoms with Gasteiger partial charge in [-0.3, -0.25) is 9.59 Å². The minimum absolute atomic E-state index is 0.169. The van der Waals surface area contributed by atoms with Crippen molar-refractivity contribution in [3.05, 3.63) is 54.1 Å². The van der Waals surface area contributed by atoms with Gasteiger partial charge >= 0.3 is 5.97 Å². The Bertz CT molecular complexity index is 752. The van der Waals surface area contributed by atoms with E-state index in [0.29, 0.717) is 19.4 Å². The molecule has 130 valence electrons. The molecular formula is C20H21NO4. The van der Waals surface area contributed by atoms with Crippen molar-refractivity contribution in [3.63, 3.8) is 0 Å². The topological polar surface area (TPSA) is 75.6 Å². The summed E-state index contributed by atoms with van der Waals surface area (Å²) < 4.78 is 5.16. The van der Waals surface area contributed by atoms with E-state index in [-0.39, 0.29) is 5.91 Å². The molecule has 25 heavy (non-hydrogen) atoms. The van der Waals surface area contributed by atoms with Gasteiger partial charge < -0.3 is 15.2 Å². The van der Waals surface area contributed by atoms with E-state index in [1.807, 2.05) is 48.5 Å². The number of rotatable bonds is 6. The fourth-order valence-corrected chi connectivity index (χ4v) is 3.03. The van der Waals surface area contributed by atoms with Crippen molar-refractivity contribution in [1.29, 1.82) is 0 Å². The lowest BCUT2D eigenvalue weighted by Crippen LogP contribution is -2.43. The van der Waals surface area contributed by atoms with E-state index in [9.17, 15) is 9.59 Å². The number of amides is 1. The molecule has 1 aliphatic carbocycles. The maximum absolute atomic E-state index is 12.1. The molecule has 2 N–H and O–H groups in total. The van der Waals surface area contributed by atoms with Gasteiger partial charge in [-0.25, -0.2) is 0 Å². The molecule has 0 spiro atoms. The van der Waals surface area contributed by atoms with Crippen LogP contribution in [-0.2, 0) is 16.1 Å². The van der Waals surface area contributed by atoms with Crippen LogP contribution in [0.2, 0.25) is 0 Å². The molecule has 2 aromatic rings. The number of carboxylic acids is 1. The smallest absolute Gasteiger partial charge is 0.307 e. The Hall–Kier alpha value is -2.82. The van der Waals surface area contributed by atoms with Gasteiger partial charge in [0.05, 0.1) is 18.9 Å². The molecule has 0 aliphatic heterocycles. The molecule has 1 amide bonds. The number of aliphatic carboxylic acids is 1. The zero-order chi connectivity index (χ0) is 17.8. The number of carbonyl (C=O) groups excluding carboxylic acids is 1. The third-order valence-electron chi connectivity index (χ3n) is 4.77. The van der Waals surface area contributed by atoms with Crippen molar-refractivity contribution >= 4 is 11.9 Å². The number of carboxylic acid groups (broad SMARTS) is 1. The number of carbonyl (C=O) groups is 2. The number of hydrogen-bond acceptors (Lipinski definition) is 3. The monoisotopic (exact) mass is 339 g/mol. The summed E-state index contributed by atoms with van der Waals surface area (Å²) in [6, 6.07) is 15.8. The zero-order valence-corrected chi connectivity index (χ0v) is 14.1. The molecule has 2 atom stereocenters. The van der Waals surface area contributed by atoms with Crippen molar-refractivity contribution in [2.75, 3.05) is 7.11 Å². The Morgan fingerprint density at radius 1 is 1.00 bits per heavy atom. The average Bonchev–Trinajstić information content (AvgIpc) is 2.59. The fourth-order valence-electron chi connectivity index (χ4n) is 3.03. The van der Waals surface area contributed by atoms with E-state index >= 15 is 0 Å². The van der Waals surface area contributed by atoms with E-state index in [2.05, 4.69) is 5.32 Å². The summed E-state index contributed by atoms with van der Waals surface area (Å²) in [7, 11) is 1.64. The van der Waals surface area contributed by atoms with Crippen LogP contribution in [0.1, 0.15) is 18.4 Å². The van der Waals surface area contributed by atoms with Crippen LogP contribution in [0, 0.1) is 11.8 Å². The Morgan fingerprint density at radius 2 is 1.56 bits per heavy atom. The van der Waals surface area contributed by atoms with Gasteiger partial charge in [0.2, 0.25) is 5.91 Å². The van der Waals surface area contributed by atoms with Crippen LogP contribution in [0.4, 0.5) is 0 Å². The van der Waals surface area contributed by atoms with Gasteiger partial charge in [-0.1, -0.05) is 36.4 Å². The first-order valence-corrected chi connectivity index (χ1v) is 8.32. The highest BCUT2D eigenvalue weighted by Gasteiger charge is 2.41. The summed E-state index contributed by atoms with van der Waals surface area (Å²) in [6.07, 6.45) is 1.24. The molecule has 0 heterocycles. The molecule has 0 radical (unpaired) electrons. The van der Waals surface area contributed by atoms with Crippen molar-refractivity contribution in [2.24, 2.45) is 11.8 Å². The molecule has 1 saturated carbocycles. The van der Waals surface area contributed by atoms with Gasteiger partial charge in [-0.2, -0.15) is 0 Å². The van der Waals surface area contributed by atoms with E-state index in [4.69, 9.17) is 9.84 Å². The Labute approximate surface area is 146 Å². The SMILES string of the molecule is COc1ccc(-c2ccc(CNC(=O)C3CCC3C(=O)O)cc2)cc1. The second kappa shape index (κ2) is 7.38. The van der Waals surface area contributed by atoms with Crippen LogP contribution in [0.25, 0.3) is 11.1 Å². The largest absolute Gasteiger partial charge is 0.497 e. The number of nitrogens with one attached hydrogen (secondary N) is 1. The van der Waals surface area contributed by atoms with Crippen LogP contribution in [-0.4, -0.2) is 24.1 Å². The lowest BCUT2D eigenvalue weighted by atomic mass is 9.73. The van der Waals surface area contributed by atoms with Crippen LogP contribution in [0.3, 0.4) is 0 Å². The van der Waals surface area contributed by atoms with Crippen molar-refractivity contribution < 1.29 is 19.4 Å². The van der Waals surface area contributed by atoms with E-state index in [1.165, 1.54) is 0 Å². The first-order chi connectivity index (χ1) is 12.1. The van der Waals surface area contributed by atoms with Crippen LogP contribution < -0.4 is 10.1 Å².